The summed E-state index contributed by atoms with van der Waals surface area (Å²) in [5.41, 5.74) is 5.54. The highest BCUT2D eigenvalue weighted by molar-refractivity contribution is 5.56. The van der Waals surface area contributed by atoms with Crippen LogP contribution in [0, 0.1) is 0 Å². The van der Waals surface area contributed by atoms with Gasteiger partial charge < -0.3 is 15.6 Å². The van der Waals surface area contributed by atoms with E-state index in [4.69, 9.17) is 10.8 Å². The van der Waals surface area contributed by atoms with Crippen LogP contribution in [0.25, 0.3) is 0 Å². The fraction of sp³-hybridized carbons (Fsp3) is 0. The van der Waals surface area contributed by atoms with Crippen LogP contribution in [-0.4, -0.2) is 11.6 Å². The largest absolute Gasteiger partial charge is 0.506 e. The van der Waals surface area contributed by atoms with E-state index in [9.17, 15) is 4.79 Å². The molecule has 0 atom stereocenters. The Bertz CT molecular complexity index is 272. The highest BCUT2D eigenvalue weighted by Gasteiger charge is 1.98. The van der Waals surface area contributed by atoms with Crippen molar-refractivity contribution in [2.24, 2.45) is 0 Å². The van der Waals surface area contributed by atoms with Crippen LogP contribution in [0.2, 0.25) is 0 Å². The standard InChI is InChI=1S/C7H7NO3/c8-6-2-1-5(11-4-9)3-7(6)10/h1-4,10H,8H2. The summed E-state index contributed by atoms with van der Waals surface area (Å²) in [6, 6.07) is 4.21. The third kappa shape index (κ3) is 1.61. The van der Waals surface area contributed by atoms with Gasteiger partial charge in [0.25, 0.3) is 6.47 Å². The minimum atomic E-state index is -0.0932. The first-order chi connectivity index (χ1) is 5.24. The van der Waals surface area contributed by atoms with Gasteiger partial charge in [-0.1, -0.05) is 0 Å². The van der Waals surface area contributed by atoms with Crippen molar-refractivity contribution in [3.05, 3.63) is 18.2 Å². The van der Waals surface area contributed by atoms with E-state index < -0.39 is 0 Å². The molecule has 1 rings (SSSR count). The summed E-state index contributed by atoms with van der Waals surface area (Å²) in [4.78, 5) is 9.84. The van der Waals surface area contributed by atoms with Crippen LogP contribution in [0.15, 0.2) is 18.2 Å². The van der Waals surface area contributed by atoms with Gasteiger partial charge in [0.05, 0.1) is 5.69 Å². The monoisotopic (exact) mass is 153 g/mol. The van der Waals surface area contributed by atoms with Crippen LogP contribution in [0.3, 0.4) is 0 Å². The third-order valence-corrected chi connectivity index (χ3v) is 1.19. The number of hydrogen-bond donors (Lipinski definition) is 2. The van der Waals surface area contributed by atoms with Gasteiger partial charge in [0.2, 0.25) is 0 Å². The van der Waals surface area contributed by atoms with Crippen LogP contribution in [-0.2, 0) is 4.79 Å². The van der Waals surface area contributed by atoms with Gasteiger partial charge in [0.1, 0.15) is 11.5 Å². The van der Waals surface area contributed by atoms with Gasteiger partial charge in [0, 0.05) is 6.07 Å². The summed E-state index contributed by atoms with van der Waals surface area (Å²) in [6.07, 6.45) is 0. The minimum absolute atomic E-state index is 0.0932. The SMILES string of the molecule is Nc1ccc(OC=O)cc1O. The Kier molecular flexibility index (Phi) is 1.96. The number of hydrogen-bond acceptors (Lipinski definition) is 4. The number of aromatic hydroxyl groups is 1. The molecule has 0 saturated heterocycles. The van der Waals surface area contributed by atoms with Crippen molar-refractivity contribution in [1.82, 2.24) is 0 Å². The quantitative estimate of drug-likeness (QED) is 0.369. The summed E-state index contributed by atoms with van der Waals surface area (Å²) in [5, 5.41) is 9.01. The number of nitrogen functional groups attached to an aromatic ring is 1. The molecule has 0 aromatic heterocycles. The van der Waals surface area contributed by atoms with E-state index in [1.807, 2.05) is 0 Å². The number of rotatable bonds is 2. The Balaban J connectivity index is 2.95. The molecule has 0 radical (unpaired) electrons. The smallest absolute Gasteiger partial charge is 0.298 e. The molecule has 1 aromatic rings. The number of carbonyl (C=O) groups is 1. The van der Waals surface area contributed by atoms with Crippen molar-refractivity contribution in [3.8, 4) is 11.5 Å². The summed E-state index contributed by atoms with van der Waals surface area (Å²) >= 11 is 0. The number of benzene rings is 1. The molecule has 4 heteroatoms. The number of phenols is 1. The predicted octanol–water partition coefficient (Wildman–Crippen LogP) is 0.510. The van der Waals surface area contributed by atoms with Crippen LogP contribution < -0.4 is 10.5 Å². The minimum Gasteiger partial charge on any atom is -0.506 e. The average Bonchev–Trinajstić information content (AvgIpc) is 1.98. The lowest BCUT2D eigenvalue weighted by Crippen LogP contribution is -1.90. The number of carbonyl (C=O) groups excluding carboxylic acids is 1. The zero-order valence-corrected chi connectivity index (χ0v) is 5.65. The molecule has 0 aliphatic carbocycles. The highest BCUT2D eigenvalue weighted by Crippen LogP contribution is 2.24. The molecule has 1 aromatic carbocycles. The molecule has 0 unspecified atom stereocenters. The molecule has 0 aliphatic rings. The van der Waals surface area contributed by atoms with Gasteiger partial charge in [-0.05, 0) is 12.1 Å². The molecule has 0 heterocycles. The lowest BCUT2D eigenvalue weighted by Gasteiger charge is -2.00. The van der Waals surface area contributed by atoms with Crippen molar-refractivity contribution in [3.63, 3.8) is 0 Å². The highest BCUT2D eigenvalue weighted by atomic mass is 16.5. The van der Waals surface area contributed by atoms with E-state index >= 15 is 0 Å². The molecule has 4 nitrogen and oxygen atoms in total. The van der Waals surface area contributed by atoms with Crippen LogP contribution >= 0.6 is 0 Å². The first-order valence-electron chi connectivity index (χ1n) is 2.93. The fourth-order valence-electron chi connectivity index (χ4n) is 0.652. The molecule has 0 bridgehead atoms. The maximum Gasteiger partial charge on any atom is 0.298 e. The summed E-state index contributed by atoms with van der Waals surface area (Å²) in [7, 11) is 0. The maximum atomic E-state index is 9.84. The molecule has 58 valence electrons. The van der Waals surface area contributed by atoms with Crippen molar-refractivity contribution >= 4 is 12.2 Å². The summed E-state index contributed by atoms with van der Waals surface area (Å²) in [5.74, 6) is 0.177. The number of ether oxygens (including phenoxy) is 1. The van der Waals surface area contributed by atoms with Gasteiger partial charge in [-0.15, -0.1) is 0 Å². The van der Waals surface area contributed by atoms with E-state index in [0.29, 0.717) is 0 Å². The molecule has 0 fully saturated rings. The first kappa shape index (κ1) is 7.40. The van der Waals surface area contributed by atoms with E-state index in [0.717, 1.165) is 0 Å². The maximum absolute atomic E-state index is 9.84. The Morgan fingerprint density at radius 1 is 1.55 bits per heavy atom. The van der Waals surface area contributed by atoms with Gasteiger partial charge in [-0.25, -0.2) is 0 Å². The molecule has 0 aliphatic heterocycles. The van der Waals surface area contributed by atoms with Gasteiger partial charge >= 0.3 is 0 Å². The first-order valence-corrected chi connectivity index (χ1v) is 2.93. The lowest BCUT2D eigenvalue weighted by atomic mass is 10.3. The van der Waals surface area contributed by atoms with Crippen LogP contribution in [0.1, 0.15) is 0 Å². The van der Waals surface area contributed by atoms with Crippen molar-refractivity contribution in [2.45, 2.75) is 0 Å². The fourth-order valence-corrected chi connectivity index (χ4v) is 0.652. The normalized spacial score (nSPS) is 9.09. The molecular weight excluding hydrogens is 146 g/mol. The Morgan fingerprint density at radius 3 is 2.82 bits per heavy atom. The Labute approximate surface area is 63.2 Å². The third-order valence-electron chi connectivity index (χ3n) is 1.19. The second-order valence-corrected chi connectivity index (χ2v) is 1.93. The predicted molar refractivity (Wildman–Crippen MR) is 39.2 cm³/mol. The topological polar surface area (TPSA) is 72.5 Å². The van der Waals surface area contributed by atoms with Gasteiger partial charge in [-0.3, -0.25) is 4.79 Å². The van der Waals surface area contributed by atoms with E-state index in [1.54, 1.807) is 0 Å². The van der Waals surface area contributed by atoms with Crippen molar-refractivity contribution in [2.75, 3.05) is 5.73 Å². The number of nitrogens with two attached hydrogens (primary N) is 1. The van der Waals surface area contributed by atoms with E-state index in [1.165, 1.54) is 18.2 Å². The molecule has 3 N–H and O–H groups in total. The number of anilines is 1. The van der Waals surface area contributed by atoms with Crippen LogP contribution in [0.5, 0.6) is 11.5 Å². The molecule has 0 spiro atoms. The second kappa shape index (κ2) is 2.92. The van der Waals surface area contributed by atoms with Crippen molar-refractivity contribution < 1.29 is 14.6 Å². The van der Waals surface area contributed by atoms with E-state index in [-0.39, 0.29) is 23.7 Å². The number of phenolic OH excluding ortho intramolecular Hbond substituents is 1. The summed E-state index contributed by atoms with van der Waals surface area (Å²) < 4.78 is 4.45. The molecule has 11 heavy (non-hydrogen) atoms. The van der Waals surface area contributed by atoms with Crippen LogP contribution in [0.4, 0.5) is 5.69 Å². The second-order valence-electron chi connectivity index (χ2n) is 1.93. The average molecular weight is 153 g/mol. The lowest BCUT2D eigenvalue weighted by molar-refractivity contribution is -0.120. The Hall–Kier alpha value is -1.71. The molecular formula is C7H7NO3. The molecule has 0 saturated carbocycles. The van der Waals surface area contributed by atoms with Crippen molar-refractivity contribution in [1.29, 1.82) is 0 Å². The Morgan fingerprint density at radius 2 is 2.27 bits per heavy atom. The summed E-state index contributed by atoms with van der Waals surface area (Å²) in [6.45, 7) is 0.283. The van der Waals surface area contributed by atoms with E-state index in [2.05, 4.69) is 4.74 Å². The van der Waals surface area contributed by atoms with Gasteiger partial charge in [-0.2, -0.15) is 0 Å². The zero-order valence-electron chi connectivity index (χ0n) is 5.65. The molecule has 0 amide bonds. The van der Waals surface area contributed by atoms with Gasteiger partial charge in [0.15, 0.2) is 0 Å². The zero-order chi connectivity index (χ0) is 8.27.